The van der Waals surface area contributed by atoms with Crippen molar-refractivity contribution in [3.63, 3.8) is 0 Å². The molecular weight excluding hydrogens is 267 g/mol. The highest BCUT2D eigenvalue weighted by atomic mass is 35.5. The van der Waals surface area contributed by atoms with E-state index in [1.54, 1.807) is 31.5 Å². The molecule has 1 aromatic heterocycles. The Labute approximate surface area is 116 Å². The summed E-state index contributed by atoms with van der Waals surface area (Å²) >= 11 is 5.94. The van der Waals surface area contributed by atoms with Gasteiger partial charge in [-0.15, -0.1) is 0 Å². The van der Waals surface area contributed by atoms with E-state index in [9.17, 15) is 4.39 Å². The molecule has 2 aromatic rings. The number of methoxy groups -OCH3 is 1. The zero-order valence-electron chi connectivity index (χ0n) is 10.5. The highest BCUT2D eigenvalue weighted by molar-refractivity contribution is 6.31. The van der Waals surface area contributed by atoms with Crippen LogP contribution in [0, 0.1) is 5.82 Å². The van der Waals surface area contributed by atoms with Gasteiger partial charge in [0.05, 0.1) is 7.11 Å². The van der Waals surface area contributed by atoms with E-state index in [2.05, 4.69) is 10.3 Å². The van der Waals surface area contributed by atoms with E-state index in [1.165, 1.54) is 6.07 Å². The summed E-state index contributed by atoms with van der Waals surface area (Å²) in [6.07, 6.45) is 1.72. The third-order valence-corrected chi connectivity index (χ3v) is 3.05. The van der Waals surface area contributed by atoms with Gasteiger partial charge in [-0.05, 0) is 17.7 Å². The van der Waals surface area contributed by atoms with Crippen molar-refractivity contribution in [2.75, 3.05) is 7.11 Å². The summed E-state index contributed by atoms with van der Waals surface area (Å²) in [7, 11) is 1.57. The molecule has 1 N–H and O–H groups in total. The number of aromatic nitrogens is 1. The minimum Gasteiger partial charge on any atom is -0.481 e. The van der Waals surface area contributed by atoms with Gasteiger partial charge in [-0.1, -0.05) is 23.7 Å². The minimum atomic E-state index is -0.298. The predicted molar refractivity (Wildman–Crippen MR) is 72.7 cm³/mol. The molecule has 0 saturated carbocycles. The molecule has 5 heteroatoms. The number of halogens is 2. The van der Waals surface area contributed by atoms with Crippen molar-refractivity contribution in [2.24, 2.45) is 0 Å². The second-order valence-electron chi connectivity index (χ2n) is 4.01. The minimum absolute atomic E-state index is 0.298. The van der Waals surface area contributed by atoms with Crippen molar-refractivity contribution in [1.82, 2.24) is 10.3 Å². The number of hydrogen-bond acceptors (Lipinski definition) is 3. The monoisotopic (exact) mass is 280 g/mol. The molecule has 0 spiro atoms. The smallest absolute Gasteiger partial charge is 0.212 e. The normalized spacial score (nSPS) is 10.5. The number of benzene rings is 1. The molecule has 0 aliphatic carbocycles. The van der Waals surface area contributed by atoms with E-state index < -0.39 is 0 Å². The quantitative estimate of drug-likeness (QED) is 0.913. The summed E-state index contributed by atoms with van der Waals surface area (Å²) in [5.41, 5.74) is 1.47. The molecule has 0 amide bonds. The first kappa shape index (κ1) is 13.8. The molecule has 1 aromatic carbocycles. The Hall–Kier alpha value is -1.65. The largest absolute Gasteiger partial charge is 0.481 e. The maximum atomic E-state index is 13.5. The van der Waals surface area contributed by atoms with Crippen LogP contribution in [0.15, 0.2) is 36.5 Å². The standard InChI is InChI=1S/C14H14ClFN2O/c1-19-14-6-5-10(8-18-14)7-17-9-11-12(15)3-2-4-13(11)16/h2-6,8,17H,7,9H2,1H3. The number of rotatable bonds is 5. The highest BCUT2D eigenvalue weighted by Gasteiger charge is 2.06. The highest BCUT2D eigenvalue weighted by Crippen LogP contribution is 2.18. The van der Waals surface area contributed by atoms with Gasteiger partial charge in [-0.25, -0.2) is 9.37 Å². The van der Waals surface area contributed by atoms with Crippen LogP contribution >= 0.6 is 11.6 Å². The van der Waals surface area contributed by atoms with Gasteiger partial charge < -0.3 is 10.1 Å². The summed E-state index contributed by atoms with van der Waals surface area (Å²) in [5.74, 6) is 0.272. The zero-order chi connectivity index (χ0) is 13.7. The number of nitrogens with one attached hydrogen (secondary N) is 1. The molecule has 0 atom stereocenters. The number of ether oxygens (including phenoxy) is 1. The van der Waals surface area contributed by atoms with Crippen LogP contribution in [0.3, 0.4) is 0 Å². The van der Waals surface area contributed by atoms with Crippen LogP contribution < -0.4 is 10.1 Å². The Morgan fingerprint density at radius 3 is 2.74 bits per heavy atom. The van der Waals surface area contributed by atoms with Crippen molar-refractivity contribution in [2.45, 2.75) is 13.1 Å². The fourth-order valence-electron chi connectivity index (χ4n) is 1.67. The first-order valence-corrected chi connectivity index (χ1v) is 6.21. The summed E-state index contributed by atoms with van der Waals surface area (Å²) in [5, 5.41) is 3.56. The summed E-state index contributed by atoms with van der Waals surface area (Å²) in [6.45, 7) is 0.958. The lowest BCUT2D eigenvalue weighted by molar-refractivity contribution is 0.397. The molecule has 0 bridgehead atoms. The molecule has 0 fully saturated rings. The Kier molecular flexibility index (Phi) is 4.71. The molecule has 19 heavy (non-hydrogen) atoms. The van der Waals surface area contributed by atoms with E-state index in [0.29, 0.717) is 29.6 Å². The van der Waals surface area contributed by atoms with Crippen LogP contribution in [-0.2, 0) is 13.1 Å². The van der Waals surface area contributed by atoms with Gasteiger partial charge in [-0.3, -0.25) is 0 Å². The second kappa shape index (κ2) is 6.50. The molecule has 0 radical (unpaired) electrons. The average molecular weight is 281 g/mol. The average Bonchev–Trinajstić information content (AvgIpc) is 2.43. The molecule has 2 rings (SSSR count). The Balaban J connectivity index is 1.92. The predicted octanol–water partition coefficient (Wildman–Crippen LogP) is 3.17. The van der Waals surface area contributed by atoms with Gasteiger partial charge in [0.25, 0.3) is 0 Å². The lowest BCUT2D eigenvalue weighted by Crippen LogP contribution is -2.14. The van der Waals surface area contributed by atoms with E-state index >= 15 is 0 Å². The fourth-order valence-corrected chi connectivity index (χ4v) is 1.90. The number of hydrogen-bond donors (Lipinski definition) is 1. The van der Waals surface area contributed by atoms with E-state index in [-0.39, 0.29) is 5.82 Å². The van der Waals surface area contributed by atoms with Crippen LogP contribution in [0.2, 0.25) is 5.02 Å². The van der Waals surface area contributed by atoms with E-state index in [1.807, 2.05) is 6.07 Å². The van der Waals surface area contributed by atoms with Gasteiger partial charge in [0.1, 0.15) is 5.82 Å². The van der Waals surface area contributed by atoms with Crippen LogP contribution in [0.25, 0.3) is 0 Å². The lowest BCUT2D eigenvalue weighted by Gasteiger charge is -2.08. The molecule has 1 heterocycles. The van der Waals surface area contributed by atoms with Gasteiger partial charge in [-0.2, -0.15) is 0 Å². The fraction of sp³-hybridized carbons (Fsp3) is 0.214. The summed E-state index contributed by atoms with van der Waals surface area (Å²) < 4.78 is 18.5. The number of nitrogens with zero attached hydrogens (tertiary/aromatic N) is 1. The Morgan fingerprint density at radius 2 is 2.11 bits per heavy atom. The molecule has 0 aliphatic heterocycles. The maximum absolute atomic E-state index is 13.5. The van der Waals surface area contributed by atoms with E-state index in [0.717, 1.165) is 5.56 Å². The lowest BCUT2D eigenvalue weighted by atomic mass is 10.2. The molecule has 100 valence electrons. The third-order valence-electron chi connectivity index (χ3n) is 2.70. The molecule has 0 aliphatic rings. The topological polar surface area (TPSA) is 34.1 Å². The summed E-state index contributed by atoms with van der Waals surface area (Å²) in [6, 6.07) is 8.36. The summed E-state index contributed by atoms with van der Waals surface area (Å²) in [4.78, 5) is 4.10. The van der Waals surface area contributed by atoms with Crippen LogP contribution in [0.1, 0.15) is 11.1 Å². The van der Waals surface area contributed by atoms with Crippen molar-refractivity contribution in [3.05, 3.63) is 58.5 Å². The molecule has 3 nitrogen and oxygen atoms in total. The van der Waals surface area contributed by atoms with Crippen molar-refractivity contribution >= 4 is 11.6 Å². The van der Waals surface area contributed by atoms with Crippen LogP contribution in [0.5, 0.6) is 5.88 Å². The van der Waals surface area contributed by atoms with Crippen LogP contribution in [0.4, 0.5) is 4.39 Å². The Morgan fingerprint density at radius 1 is 1.26 bits per heavy atom. The molecule has 0 unspecified atom stereocenters. The second-order valence-corrected chi connectivity index (χ2v) is 4.42. The van der Waals surface area contributed by atoms with Gasteiger partial charge in [0.2, 0.25) is 5.88 Å². The number of pyridine rings is 1. The van der Waals surface area contributed by atoms with Crippen molar-refractivity contribution in [1.29, 1.82) is 0 Å². The Bertz CT molecular complexity index is 525. The molecular formula is C14H14ClFN2O. The maximum Gasteiger partial charge on any atom is 0.212 e. The van der Waals surface area contributed by atoms with Gasteiger partial charge in [0.15, 0.2) is 0 Å². The SMILES string of the molecule is COc1ccc(CNCc2c(F)cccc2Cl)cn1. The van der Waals surface area contributed by atoms with Crippen molar-refractivity contribution in [3.8, 4) is 5.88 Å². The van der Waals surface area contributed by atoms with Crippen molar-refractivity contribution < 1.29 is 9.13 Å². The third kappa shape index (κ3) is 3.66. The van der Waals surface area contributed by atoms with Gasteiger partial charge >= 0.3 is 0 Å². The first-order valence-electron chi connectivity index (χ1n) is 5.83. The van der Waals surface area contributed by atoms with Gasteiger partial charge in [0, 0.05) is 35.9 Å². The first-order chi connectivity index (χ1) is 9.20. The zero-order valence-corrected chi connectivity index (χ0v) is 11.2. The van der Waals surface area contributed by atoms with Crippen LogP contribution in [-0.4, -0.2) is 12.1 Å². The van der Waals surface area contributed by atoms with E-state index in [4.69, 9.17) is 16.3 Å². The molecule has 0 saturated heterocycles.